The summed E-state index contributed by atoms with van der Waals surface area (Å²) in [4.78, 5) is 0. The van der Waals surface area contributed by atoms with Crippen LogP contribution >= 0.6 is 0 Å². The highest BCUT2D eigenvalue weighted by molar-refractivity contribution is 5.24. The van der Waals surface area contributed by atoms with Gasteiger partial charge in [0.2, 0.25) is 0 Å². The second kappa shape index (κ2) is 12.6. The Morgan fingerprint density at radius 2 is 1.38 bits per heavy atom. The molecule has 0 spiro atoms. The van der Waals surface area contributed by atoms with Crippen LogP contribution in [0.4, 0.5) is 0 Å². The van der Waals surface area contributed by atoms with Crippen LogP contribution in [-0.4, -0.2) is 7.11 Å². The summed E-state index contributed by atoms with van der Waals surface area (Å²) in [5.41, 5.74) is 1.80. The Bertz CT molecular complexity index is 559. The van der Waals surface area contributed by atoms with Gasteiger partial charge in [-0.05, 0) is 35.4 Å². The number of benzene rings is 2. The Morgan fingerprint density at radius 3 is 1.85 bits per heavy atom. The molecule has 0 aliphatic heterocycles. The molecule has 1 atom stereocenters. The lowest BCUT2D eigenvalue weighted by molar-refractivity contribution is 0.280. The van der Waals surface area contributed by atoms with Gasteiger partial charge in [0.05, 0.1) is 7.11 Å². The zero-order chi connectivity index (χ0) is 19.3. The molecular formula is C25H38O. The van der Waals surface area contributed by atoms with Crippen molar-refractivity contribution >= 4 is 0 Å². The van der Waals surface area contributed by atoms with Gasteiger partial charge in [-0.25, -0.2) is 0 Å². The topological polar surface area (TPSA) is 9.23 Å². The van der Waals surface area contributed by atoms with Crippen LogP contribution in [-0.2, 0) is 5.41 Å². The number of unbranched alkanes of at least 4 members (excludes halogenated alkanes) is 3. The van der Waals surface area contributed by atoms with Crippen LogP contribution in [0, 0.1) is 5.92 Å². The molecule has 0 fully saturated rings. The molecule has 0 heterocycles. The predicted molar refractivity (Wildman–Crippen MR) is 115 cm³/mol. The van der Waals surface area contributed by atoms with E-state index in [9.17, 15) is 0 Å². The molecule has 0 bridgehead atoms. The molecule has 26 heavy (non-hydrogen) atoms. The average molecular weight is 355 g/mol. The quantitative estimate of drug-likeness (QED) is 0.420. The first kappa shape index (κ1) is 22.3. The first-order valence-electron chi connectivity index (χ1n) is 10.2. The minimum Gasteiger partial charge on any atom is -0.497 e. The summed E-state index contributed by atoms with van der Waals surface area (Å²) >= 11 is 0. The molecule has 1 heteroatoms. The van der Waals surface area contributed by atoms with Crippen molar-refractivity contribution in [3.63, 3.8) is 0 Å². The highest BCUT2D eigenvalue weighted by Crippen LogP contribution is 2.36. The molecule has 1 unspecified atom stereocenters. The van der Waals surface area contributed by atoms with Crippen LogP contribution in [0.2, 0.25) is 0 Å². The molecule has 0 saturated carbocycles. The lowest BCUT2D eigenvalue weighted by Crippen LogP contribution is -2.28. The van der Waals surface area contributed by atoms with E-state index in [4.69, 9.17) is 4.74 Å². The summed E-state index contributed by atoms with van der Waals surface area (Å²) in [6, 6.07) is 20.7. The minimum atomic E-state index is 0.308. The molecule has 2 aromatic carbocycles. The number of para-hydroxylation sites is 1. The van der Waals surface area contributed by atoms with E-state index in [1.165, 1.54) is 44.1 Å². The van der Waals surface area contributed by atoms with E-state index in [1.807, 2.05) is 30.3 Å². The summed E-state index contributed by atoms with van der Waals surface area (Å²) in [6.45, 7) is 9.45. The number of hydrogen-bond acceptors (Lipinski definition) is 1. The Labute approximate surface area is 161 Å². The molecule has 0 saturated heterocycles. The molecule has 0 radical (unpaired) electrons. The van der Waals surface area contributed by atoms with Crippen LogP contribution in [0.5, 0.6) is 5.75 Å². The minimum absolute atomic E-state index is 0.308. The zero-order valence-corrected chi connectivity index (χ0v) is 17.5. The van der Waals surface area contributed by atoms with Gasteiger partial charge in [-0.1, -0.05) is 108 Å². The van der Waals surface area contributed by atoms with Gasteiger partial charge in [0.15, 0.2) is 0 Å². The van der Waals surface area contributed by atoms with E-state index in [0.29, 0.717) is 5.41 Å². The first-order valence-corrected chi connectivity index (χ1v) is 10.2. The van der Waals surface area contributed by atoms with E-state index in [0.717, 1.165) is 11.7 Å². The smallest absolute Gasteiger partial charge is 0.118 e. The summed E-state index contributed by atoms with van der Waals surface area (Å²) in [5.74, 6) is 1.71. The van der Waals surface area contributed by atoms with Crippen molar-refractivity contribution < 1.29 is 4.74 Å². The van der Waals surface area contributed by atoms with Crippen molar-refractivity contribution in [1.82, 2.24) is 0 Å². The third-order valence-corrected chi connectivity index (χ3v) is 5.42. The van der Waals surface area contributed by atoms with Crippen molar-refractivity contribution in [2.24, 2.45) is 5.92 Å². The monoisotopic (exact) mass is 354 g/mol. The molecule has 144 valence electrons. The zero-order valence-electron chi connectivity index (χ0n) is 17.5. The van der Waals surface area contributed by atoms with Crippen LogP contribution in [0.1, 0.15) is 71.8 Å². The van der Waals surface area contributed by atoms with Crippen molar-refractivity contribution in [2.45, 2.75) is 71.6 Å². The Kier molecular flexibility index (Phi) is 10.8. The largest absolute Gasteiger partial charge is 0.497 e. The van der Waals surface area contributed by atoms with Gasteiger partial charge in [-0.15, -0.1) is 0 Å². The van der Waals surface area contributed by atoms with Gasteiger partial charge in [0.25, 0.3) is 0 Å². The van der Waals surface area contributed by atoms with Crippen molar-refractivity contribution in [3.05, 3.63) is 66.2 Å². The highest BCUT2D eigenvalue weighted by Gasteiger charge is 2.29. The number of methoxy groups -OCH3 is 1. The summed E-state index contributed by atoms with van der Waals surface area (Å²) in [6.07, 6.45) is 8.17. The van der Waals surface area contributed by atoms with Gasteiger partial charge in [-0.2, -0.15) is 0 Å². The molecule has 0 aliphatic rings. The Morgan fingerprint density at radius 1 is 0.808 bits per heavy atom. The maximum absolute atomic E-state index is 4.91. The molecule has 0 aromatic heterocycles. The van der Waals surface area contributed by atoms with Crippen LogP contribution in [0.3, 0.4) is 0 Å². The van der Waals surface area contributed by atoms with Gasteiger partial charge >= 0.3 is 0 Å². The van der Waals surface area contributed by atoms with Crippen molar-refractivity contribution in [3.8, 4) is 5.75 Å². The fraction of sp³-hybridized carbons (Fsp3) is 0.520. The predicted octanol–water partition coefficient (Wildman–Crippen LogP) is 7.66. The van der Waals surface area contributed by atoms with E-state index in [-0.39, 0.29) is 0 Å². The Balaban J connectivity index is 0.000000350. The SMILES string of the molecule is CCCCCCC(CC)C(C)(C)c1ccccc1.COc1ccccc1. The van der Waals surface area contributed by atoms with Gasteiger partial charge in [0, 0.05) is 0 Å². The molecule has 1 nitrogen and oxygen atoms in total. The standard InChI is InChI=1S/C18H30.C7H8O/c1-5-7-8-10-13-16(6-2)18(3,4)17-14-11-9-12-15-17;1-8-7-5-3-2-4-6-7/h9,11-12,14-16H,5-8,10,13H2,1-4H3;2-6H,1H3. The second-order valence-corrected chi connectivity index (χ2v) is 7.56. The van der Waals surface area contributed by atoms with Crippen molar-refractivity contribution in [2.75, 3.05) is 7.11 Å². The first-order chi connectivity index (χ1) is 12.6. The number of rotatable bonds is 9. The van der Waals surface area contributed by atoms with E-state index in [2.05, 4.69) is 58.0 Å². The van der Waals surface area contributed by atoms with Crippen molar-refractivity contribution in [1.29, 1.82) is 0 Å². The summed E-state index contributed by atoms with van der Waals surface area (Å²) in [5, 5.41) is 0. The molecule has 0 aliphatic carbocycles. The average Bonchev–Trinajstić information content (AvgIpc) is 2.69. The fourth-order valence-electron chi connectivity index (χ4n) is 3.55. The molecule has 2 rings (SSSR count). The van der Waals surface area contributed by atoms with Crippen LogP contribution < -0.4 is 4.74 Å². The maximum atomic E-state index is 4.91. The molecule has 0 N–H and O–H groups in total. The highest BCUT2D eigenvalue weighted by atomic mass is 16.5. The third-order valence-electron chi connectivity index (χ3n) is 5.42. The lowest BCUT2D eigenvalue weighted by atomic mass is 9.70. The third kappa shape index (κ3) is 7.64. The molecule has 2 aromatic rings. The van der Waals surface area contributed by atoms with Gasteiger partial charge in [-0.3, -0.25) is 0 Å². The normalized spacial score (nSPS) is 12.0. The van der Waals surface area contributed by atoms with Crippen LogP contribution in [0.15, 0.2) is 60.7 Å². The summed E-state index contributed by atoms with van der Waals surface area (Å²) in [7, 11) is 1.66. The van der Waals surface area contributed by atoms with E-state index < -0.39 is 0 Å². The number of ether oxygens (including phenoxy) is 1. The number of hydrogen-bond donors (Lipinski definition) is 0. The van der Waals surface area contributed by atoms with Crippen LogP contribution in [0.25, 0.3) is 0 Å². The van der Waals surface area contributed by atoms with Gasteiger partial charge < -0.3 is 4.74 Å². The lowest BCUT2D eigenvalue weighted by Gasteiger charge is -2.34. The molecule has 0 amide bonds. The molecular weight excluding hydrogens is 316 g/mol. The maximum Gasteiger partial charge on any atom is 0.118 e. The fourth-order valence-corrected chi connectivity index (χ4v) is 3.55. The second-order valence-electron chi connectivity index (χ2n) is 7.56. The van der Waals surface area contributed by atoms with E-state index in [1.54, 1.807) is 7.11 Å². The Hall–Kier alpha value is -1.76. The summed E-state index contributed by atoms with van der Waals surface area (Å²) < 4.78 is 4.91. The van der Waals surface area contributed by atoms with E-state index >= 15 is 0 Å². The van der Waals surface area contributed by atoms with Gasteiger partial charge in [0.1, 0.15) is 5.75 Å².